The van der Waals surface area contributed by atoms with Gasteiger partial charge in [0.15, 0.2) is 11.5 Å². The lowest BCUT2D eigenvalue weighted by Crippen LogP contribution is -2.38. The first kappa shape index (κ1) is 16.7. The van der Waals surface area contributed by atoms with Crippen LogP contribution in [0.15, 0.2) is 12.3 Å². The number of pyridine rings is 1. The fourth-order valence-corrected chi connectivity index (χ4v) is 2.12. The molecular weight excluding hydrogens is 254 g/mol. The summed E-state index contributed by atoms with van der Waals surface area (Å²) in [5, 5.41) is 0. The second-order valence-electron chi connectivity index (χ2n) is 5.66. The summed E-state index contributed by atoms with van der Waals surface area (Å²) >= 11 is 0. The molecule has 5 heteroatoms. The first-order valence-corrected chi connectivity index (χ1v) is 6.95. The maximum absolute atomic E-state index is 5.82. The molecule has 0 bridgehead atoms. The summed E-state index contributed by atoms with van der Waals surface area (Å²) in [7, 11) is 3.28. The van der Waals surface area contributed by atoms with Crippen LogP contribution in [0, 0.1) is 5.41 Å². The average molecular weight is 281 g/mol. The zero-order valence-electron chi connectivity index (χ0n) is 13.3. The number of nitrogens with zero attached hydrogens (tertiary/aromatic N) is 2. The lowest BCUT2D eigenvalue weighted by molar-refractivity contribution is 0.179. The van der Waals surface area contributed by atoms with Crippen molar-refractivity contribution < 1.29 is 9.47 Å². The van der Waals surface area contributed by atoms with E-state index in [1.54, 1.807) is 20.4 Å². The third-order valence-electron chi connectivity index (χ3n) is 3.39. The lowest BCUT2D eigenvalue weighted by atomic mass is 9.93. The monoisotopic (exact) mass is 281 g/mol. The number of nitrogens with two attached hydrogens (primary N) is 1. The molecule has 0 amide bonds. The smallest absolute Gasteiger partial charge is 0.183 e. The normalized spacial score (nSPS) is 11.8. The van der Waals surface area contributed by atoms with Crippen molar-refractivity contribution in [1.29, 1.82) is 0 Å². The number of aromatic nitrogens is 1. The largest absolute Gasteiger partial charge is 0.493 e. The fourth-order valence-electron chi connectivity index (χ4n) is 2.12. The highest BCUT2D eigenvalue weighted by atomic mass is 16.5. The van der Waals surface area contributed by atoms with Crippen molar-refractivity contribution in [2.75, 3.05) is 33.9 Å². The lowest BCUT2D eigenvalue weighted by Gasteiger charge is -2.31. The van der Waals surface area contributed by atoms with Gasteiger partial charge in [0.2, 0.25) is 0 Å². The Morgan fingerprint density at radius 2 is 2.00 bits per heavy atom. The molecule has 20 heavy (non-hydrogen) atoms. The van der Waals surface area contributed by atoms with Crippen LogP contribution in [0.1, 0.15) is 26.5 Å². The highest BCUT2D eigenvalue weighted by Gasteiger charge is 2.21. The molecule has 1 aromatic heterocycles. The van der Waals surface area contributed by atoms with Gasteiger partial charge in [-0.2, -0.15) is 0 Å². The van der Waals surface area contributed by atoms with Crippen LogP contribution in [0.4, 0.5) is 0 Å². The molecule has 5 nitrogen and oxygen atoms in total. The topological polar surface area (TPSA) is 60.6 Å². The maximum Gasteiger partial charge on any atom is 0.183 e. The Kier molecular flexibility index (Phi) is 6.23. The standard InChI is InChI=1S/C15H27N3O2/c1-6-18(11-15(2,3)10-16)9-12-14(20-5)13(19-4)7-8-17-12/h7-8H,6,9-11,16H2,1-5H3. The Bertz CT molecular complexity index is 422. The van der Waals surface area contributed by atoms with E-state index < -0.39 is 0 Å². The number of hydrogen-bond acceptors (Lipinski definition) is 5. The Balaban J connectivity index is 2.90. The van der Waals surface area contributed by atoms with Gasteiger partial charge in [-0.1, -0.05) is 20.8 Å². The van der Waals surface area contributed by atoms with Crippen LogP contribution in [0.5, 0.6) is 11.5 Å². The van der Waals surface area contributed by atoms with Gasteiger partial charge in [-0.3, -0.25) is 9.88 Å². The first-order valence-electron chi connectivity index (χ1n) is 6.95. The number of rotatable bonds is 8. The molecule has 0 spiro atoms. The molecule has 1 rings (SSSR count). The van der Waals surface area contributed by atoms with Gasteiger partial charge in [-0.05, 0) is 18.5 Å². The van der Waals surface area contributed by atoms with Gasteiger partial charge in [0.1, 0.15) is 5.69 Å². The van der Waals surface area contributed by atoms with E-state index in [4.69, 9.17) is 15.2 Å². The summed E-state index contributed by atoms with van der Waals surface area (Å²) in [5.41, 5.74) is 6.79. The van der Waals surface area contributed by atoms with Crippen molar-refractivity contribution in [2.45, 2.75) is 27.3 Å². The number of hydrogen-bond donors (Lipinski definition) is 1. The Morgan fingerprint density at radius 3 is 2.50 bits per heavy atom. The van der Waals surface area contributed by atoms with Crippen LogP contribution in [0.25, 0.3) is 0 Å². The minimum absolute atomic E-state index is 0.0854. The van der Waals surface area contributed by atoms with E-state index in [0.717, 1.165) is 25.3 Å². The quantitative estimate of drug-likeness (QED) is 0.788. The van der Waals surface area contributed by atoms with Gasteiger partial charge >= 0.3 is 0 Å². The summed E-state index contributed by atoms with van der Waals surface area (Å²) in [5.74, 6) is 1.42. The summed E-state index contributed by atoms with van der Waals surface area (Å²) in [6.07, 6.45) is 1.75. The third-order valence-corrected chi connectivity index (χ3v) is 3.39. The highest BCUT2D eigenvalue weighted by molar-refractivity contribution is 5.42. The molecule has 0 radical (unpaired) electrons. The third kappa shape index (κ3) is 4.35. The van der Waals surface area contributed by atoms with Gasteiger partial charge in [0, 0.05) is 25.4 Å². The second kappa shape index (κ2) is 7.45. The summed E-state index contributed by atoms with van der Waals surface area (Å²) in [4.78, 5) is 6.74. The molecule has 0 aliphatic rings. The van der Waals surface area contributed by atoms with Crippen LogP contribution in [0.2, 0.25) is 0 Å². The minimum atomic E-state index is 0.0854. The zero-order valence-corrected chi connectivity index (χ0v) is 13.3. The first-order chi connectivity index (χ1) is 9.47. The number of ether oxygens (including phenoxy) is 2. The molecule has 0 saturated carbocycles. The molecular formula is C15H27N3O2. The molecule has 0 saturated heterocycles. The highest BCUT2D eigenvalue weighted by Crippen LogP contribution is 2.30. The van der Waals surface area contributed by atoms with Gasteiger partial charge in [0.25, 0.3) is 0 Å². The summed E-state index contributed by atoms with van der Waals surface area (Å²) in [6.45, 7) is 9.72. The SMILES string of the molecule is CCN(Cc1nccc(OC)c1OC)CC(C)(C)CN. The molecule has 2 N–H and O–H groups in total. The summed E-state index contributed by atoms with van der Waals surface area (Å²) < 4.78 is 10.7. The predicted octanol–water partition coefficient (Wildman–Crippen LogP) is 1.91. The van der Waals surface area contributed by atoms with Crippen LogP contribution >= 0.6 is 0 Å². The van der Waals surface area contributed by atoms with Crippen LogP contribution < -0.4 is 15.2 Å². The van der Waals surface area contributed by atoms with E-state index in [1.807, 2.05) is 6.07 Å². The van der Waals surface area contributed by atoms with Crippen molar-refractivity contribution in [3.8, 4) is 11.5 Å². The molecule has 0 aliphatic carbocycles. The molecule has 0 aliphatic heterocycles. The molecule has 0 aromatic carbocycles. The van der Waals surface area contributed by atoms with E-state index in [-0.39, 0.29) is 5.41 Å². The van der Waals surface area contributed by atoms with Gasteiger partial charge in [-0.15, -0.1) is 0 Å². The fraction of sp³-hybridized carbons (Fsp3) is 0.667. The van der Waals surface area contributed by atoms with Crippen LogP contribution in [0.3, 0.4) is 0 Å². The van der Waals surface area contributed by atoms with E-state index >= 15 is 0 Å². The van der Waals surface area contributed by atoms with Gasteiger partial charge in [-0.25, -0.2) is 0 Å². The minimum Gasteiger partial charge on any atom is -0.493 e. The van der Waals surface area contributed by atoms with Crippen LogP contribution in [-0.4, -0.2) is 43.7 Å². The zero-order chi connectivity index (χ0) is 15.2. The molecule has 1 aromatic rings. The summed E-state index contributed by atoms with van der Waals surface area (Å²) in [6, 6.07) is 1.81. The van der Waals surface area contributed by atoms with Crippen molar-refractivity contribution >= 4 is 0 Å². The average Bonchev–Trinajstić information content (AvgIpc) is 2.45. The van der Waals surface area contributed by atoms with Gasteiger partial charge in [0.05, 0.1) is 14.2 Å². The molecule has 0 fully saturated rings. The molecule has 1 heterocycles. The predicted molar refractivity (Wildman–Crippen MR) is 81.1 cm³/mol. The number of methoxy groups -OCH3 is 2. The Labute approximate surface area is 122 Å². The molecule has 0 unspecified atom stereocenters. The molecule has 114 valence electrons. The molecule has 0 atom stereocenters. The second-order valence-corrected chi connectivity index (χ2v) is 5.66. The van der Waals surface area contributed by atoms with E-state index in [1.165, 1.54) is 0 Å². The Morgan fingerprint density at radius 1 is 1.30 bits per heavy atom. The van der Waals surface area contributed by atoms with Crippen molar-refractivity contribution in [1.82, 2.24) is 9.88 Å². The maximum atomic E-state index is 5.82. The van der Waals surface area contributed by atoms with E-state index in [9.17, 15) is 0 Å². The van der Waals surface area contributed by atoms with Crippen LogP contribution in [-0.2, 0) is 6.54 Å². The van der Waals surface area contributed by atoms with Crippen molar-refractivity contribution in [2.24, 2.45) is 11.1 Å². The van der Waals surface area contributed by atoms with Crippen molar-refractivity contribution in [3.05, 3.63) is 18.0 Å². The van der Waals surface area contributed by atoms with Gasteiger partial charge < -0.3 is 15.2 Å². The van der Waals surface area contributed by atoms with E-state index in [0.29, 0.717) is 18.0 Å². The Hall–Kier alpha value is -1.33. The van der Waals surface area contributed by atoms with E-state index in [2.05, 4.69) is 30.7 Å². The van der Waals surface area contributed by atoms with Crippen molar-refractivity contribution in [3.63, 3.8) is 0 Å².